The van der Waals surface area contributed by atoms with Crippen molar-refractivity contribution in [3.8, 4) is 0 Å². The van der Waals surface area contributed by atoms with Gasteiger partial charge in [0.05, 0.1) is 6.04 Å². The normalized spacial score (nSPS) is 12.5. The van der Waals surface area contributed by atoms with E-state index in [4.69, 9.17) is 0 Å². The highest BCUT2D eigenvalue weighted by atomic mass is 19.2. The number of rotatable bonds is 3. The van der Waals surface area contributed by atoms with Crippen molar-refractivity contribution in [2.24, 2.45) is 0 Å². The fourth-order valence-electron chi connectivity index (χ4n) is 1.93. The lowest BCUT2D eigenvalue weighted by Gasteiger charge is -2.18. The number of benzene rings is 2. The Morgan fingerprint density at radius 3 is 2.16 bits per heavy atom. The molecule has 0 aliphatic heterocycles. The molecule has 2 aromatic carbocycles. The molecule has 2 aromatic rings. The van der Waals surface area contributed by atoms with Crippen LogP contribution in [0.1, 0.15) is 17.2 Å². The summed E-state index contributed by atoms with van der Waals surface area (Å²) in [6.07, 6.45) is 0. The predicted octanol–water partition coefficient (Wildman–Crippen LogP) is 3.55. The quantitative estimate of drug-likeness (QED) is 0.840. The Morgan fingerprint density at radius 1 is 0.842 bits per heavy atom. The summed E-state index contributed by atoms with van der Waals surface area (Å²) in [7, 11) is 1.55. The van der Waals surface area contributed by atoms with Crippen LogP contribution in [0.5, 0.6) is 0 Å². The number of hydrogen-bond acceptors (Lipinski definition) is 1. The summed E-state index contributed by atoms with van der Waals surface area (Å²) in [5.41, 5.74) is 0.516. The van der Waals surface area contributed by atoms with Crippen LogP contribution in [-0.4, -0.2) is 7.05 Å². The van der Waals surface area contributed by atoms with Crippen molar-refractivity contribution in [1.29, 1.82) is 0 Å². The van der Waals surface area contributed by atoms with Crippen molar-refractivity contribution in [3.63, 3.8) is 0 Å². The lowest BCUT2D eigenvalue weighted by Crippen LogP contribution is -2.19. The van der Waals surface area contributed by atoms with Gasteiger partial charge in [0.15, 0.2) is 11.6 Å². The summed E-state index contributed by atoms with van der Waals surface area (Å²) in [6, 6.07) is 5.75. The number of nitrogens with one attached hydrogen (secondary N) is 1. The Labute approximate surface area is 107 Å². The van der Waals surface area contributed by atoms with E-state index in [0.717, 1.165) is 24.3 Å². The van der Waals surface area contributed by atoms with E-state index in [-0.39, 0.29) is 5.56 Å². The average molecular weight is 269 g/mol. The van der Waals surface area contributed by atoms with Gasteiger partial charge >= 0.3 is 0 Å². The first-order chi connectivity index (χ1) is 9.02. The second-order valence-electron chi connectivity index (χ2n) is 4.06. The van der Waals surface area contributed by atoms with Crippen molar-refractivity contribution >= 4 is 0 Å². The summed E-state index contributed by atoms with van der Waals surface area (Å²) in [6.45, 7) is 0. The fourth-order valence-corrected chi connectivity index (χ4v) is 1.93. The van der Waals surface area contributed by atoms with Crippen molar-refractivity contribution in [1.82, 2.24) is 5.32 Å². The van der Waals surface area contributed by atoms with Gasteiger partial charge in [0, 0.05) is 11.6 Å². The van der Waals surface area contributed by atoms with Crippen LogP contribution in [0.3, 0.4) is 0 Å². The molecule has 0 saturated heterocycles. The summed E-state index contributed by atoms with van der Waals surface area (Å²) >= 11 is 0. The van der Waals surface area contributed by atoms with Gasteiger partial charge in [-0.1, -0.05) is 12.1 Å². The van der Waals surface area contributed by atoms with Crippen LogP contribution in [0, 0.1) is 23.3 Å². The summed E-state index contributed by atoms with van der Waals surface area (Å²) in [4.78, 5) is 0. The molecule has 100 valence electrons. The Hall–Kier alpha value is -1.88. The first-order valence-electron chi connectivity index (χ1n) is 5.60. The van der Waals surface area contributed by atoms with Gasteiger partial charge < -0.3 is 5.32 Å². The molecule has 0 fully saturated rings. The molecule has 0 aliphatic rings. The molecule has 0 aliphatic carbocycles. The van der Waals surface area contributed by atoms with Gasteiger partial charge in [0.1, 0.15) is 11.6 Å². The maximum absolute atomic E-state index is 13.7. The summed E-state index contributed by atoms with van der Waals surface area (Å²) in [5, 5.41) is 2.79. The van der Waals surface area contributed by atoms with Crippen LogP contribution >= 0.6 is 0 Å². The van der Waals surface area contributed by atoms with Crippen LogP contribution in [0.2, 0.25) is 0 Å². The molecule has 1 atom stereocenters. The molecule has 0 bridgehead atoms. The van der Waals surface area contributed by atoms with Crippen molar-refractivity contribution in [2.45, 2.75) is 6.04 Å². The van der Waals surface area contributed by atoms with E-state index in [9.17, 15) is 17.6 Å². The highest BCUT2D eigenvalue weighted by Crippen LogP contribution is 2.25. The molecule has 2 rings (SSSR count). The zero-order chi connectivity index (χ0) is 14.0. The molecule has 0 saturated carbocycles. The molecule has 0 spiro atoms. The standard InChI is InChI=1S/C14H11F4N/c1-19-14(8-2-5-11(16)13(18)6-8)10-4-3-9(15)7-12(10)17/h2-7,14,19H,1H3. The average Bonchev–Trinajstić information content (AvgIpc) is 2.37. The van der Waals surface area contributed by atoms with Gasteiger partial charge in [-0.2, -0.15) is 0 Å². The smallest absolute Gasteiger partial charge is 0.159 e. The first kappa shape index (κ1) is 13.5. The maximum Gasteiger partial charge on any atom is 0.159 e. The summed E-state index contributed by atoms with van der Waals surface area (Å²) in [5.74, 6) is -3.43. The van der Waals surface area contributed by atoms with Gasteiger partial charge in [0.2, 0.25) is 0 Å². The van der Waals surface area contributed by atoms with E-state index < -0.39 is 29.3 Å². The molecular formula is C14H11F4N. The highest BCUT2D eigenvalue weighted by molar-refractivity contribution is 5.33. The lowest BCUT2D eigenvalue weighted by atomic mass is 9.98. The van der Waals surface area contributed by atoms with Crippen LogP contribution in [0.15, 0.2) is 36.4 Å². The van der Waals surface area contributed by atoms with Gasteiger partial charge in [0.25, 0.3) is 0 Å². The topological polar surface area (TPSA) is 12.0 Å². The number of halogens is 4. The Morgan fingerprint density at radius 2 is 1.58 bits per heavy atom. The van der Waals surface area contributed by atoms with E-state index in [1.807, 2.05) is 0 Å². The van der Waals surface area contributed by atoms with Crippen molar-refractivity contribution in [2.75, 3.05) is 7.05 Å². The Balaban J connectivity index is 2.46. The lowest BCUT2D eigenvalue weighted by molar-refractivity contribution is 0.503. The molecule has 1 N–H and O–H groups in total. The van der Waals surface area contributed by atoms with Crippen LogP contribution in [0.4, 0.5) is 17.6 Å². The van der Waals surface area contributed by atoms with Gasteiger partial charge in [-0.3, -0.25) is 0 Å². The fraction of sp³-hybridized carbons (Fsp3) is 0.143. The first-order valence-corrected chi connectivity index (χ1v) is 5.60. The minimum Gasteiger partial charge on any atom is -0.309 e. The zero-order valence-electron chi connectivity index (χ0n) is 10.1. The molecule has 1 nitrogen and oxygen atoms in total. The van der Waals surface area contributed by atoms with Crippen LogP contribution in [0.25, 0.3) is 0 Å². The monoisotopic (exact) mass is 269 g/mol. The molecule has 0 radical (unpaired) electrons. The molecule has 0 aromatic heterocycles. The second kappa shape index (κ2) is 5.40. The van der Waals surface area contributed by atoms with Crippen LogP contribution < -0.4 is 5.32 Å². The third kappa shape index (κ3) is 2.76. The van der Waals surface area contributed by atoms with E-state index >= 15 is 0 Å². The van der Waals surface area contributed by atoms with E-state index in [1.165, 1.54) is 12.1 Å². The van der Waals surface area contributed by atoms with Crippen LogP contribution in [-0.2, 0) is 0 Å². The predicted molar refractivity (Wildman–Crippen MR) is 63.6 cm³/mol. The SMILES string of the molecule is CNC(c1ccc(F)c(F)c1)c1ccc(F)cc1F. The van der Waals surface area contributed by atoms with E-state index in [2.05, 4.69) is 5.32 Å². The molecule has 5 heteroatoms. The second-order valence-corrected chi connectivity index (χ2v) is 4.06. The molecule has 19 heavy (non-hydrogen) atoms. The zero-order valence-corrected chi connectivity index (χ0v) is 10.1. The minimum absolute atomic E-state index is 0.162. The van der Waals surface area contributed by atoms with Gasteiger partial charge in [-0.05, 0) is 30.8 Å². The van der Waals surface area contributed by atoms with E-state index in [0.29, 0.717) is 5.56 Å². The molecular weight excluding hydrogens is 258 g/mol. The maximum atomic E-state index is 13.7. The van der Waals surface area contributed by atoms with Crippen molar-refractivity contribution in [3.05, 3.63) is 70.8 Å². The molecule has 0 heterocycles. The minimum atomic E-state index is -1.01. The molecule has 1 unspecified atom stereocenters. The largest absolute Gasteiger partial charge is 0.309 e. The Bertz CT molecular complexity index is 598. The van der Waals surface area contributed by atoms with Crippen molar-refractivity contribution < 1.29 is 17.6 Å². The van der Waals surface area contributed by atoms with E-state index in [1.54, 1.807) is 7.05 Å². The highest BCUT2D eigenvalue weighted by Gasteiger charge is 2.18. The molecule has 0 amide bonds. The summed E-state index contributed by atoms with van der Waals surface area (Å²) < 4.78 is 52.7. The van der Waals surface area contributed by atoms with Gasteiger partial charge in [-0.25, -0.2) is 17.6 Å². The number of hydrogen-bond donors (Lipinski definition) is 1. The third-order valence-corrected chi connectivity index (χ3v) is 2.84. The van der Waals surface area contributed by atoms with Gasteiger partial charge in [-0.15, -0.1) is 0 Å². The third-order valence-electron chi connectivity index (χ3n) is 2.84. The Kier molecular flexibility index (Phi) is 3.85.